The van der Waals surface area contributed by atoms with Crippen LogP contribution in [0.5, 0.6) is 11.5 Å². The number of benzene rings is 2. The zero-order valence-electron chi connectivity index (χ0n) is 15.9. The molecule has 7 heteroatoms. The Morgan fingerprint density at radius 3 is 2.57 bits per heavy atom. The predicted octanol–water partition coefficient (Wildman–Crippen LogP) is 5.52. The summed E-state index contributed by atoms with van der Waals surface area (Å²) in [7, 11) is 0. The number of amides is 1. The third-order valence-electron chi connectivity index (χ3n) is 4.50. The monoisotopic (exact) mass is 440 g/mol. The summed E-state index contributed by atoms with van der Waals surface area (Å²) in [5, 5.41) is 0.434. The number of nitrogens with zero attached hydrogens (tertiary/aromatic N) is 2. The lowest BCUT2D eigenvalue weighted by atomic mass is 10.2. The molecule has 0 fully saturated rings. The predicted molar refractivity (Wildman–Crippen MR) is 119 cm³/mol. The molecule has 0 unspecified atom stereocenters. The number of aromatic nitrogens is 1. The summed E-state index contributed by atoms with van der Waals surface area (Å²) in [6.45, 7) is 1.26. The van der Waals surface area contributed by atoms with E-state index in [2.05, 4.69) is 4.98 Å². The van der Waals surface area contributed by atoms with E-state index < -0.39 is 0 Å². The minimum atomic E-state index is -0.364. The number of carbonyl (C=O) groups excluding carboxylic acids is 1. The second-order valence-electron chi connectivity index (χ2n) is 6.52. The van der Waals surface area contributed by atoms with Gasteiger partial charge in [-0.25, -0.2) is 4.98 Å². The van der Waals surface area contributed by atoms with Crippen LogP contribution >= 0.6 is 23.2 Å². The molecule has 4 rings (SSSR count). The molecule has 2 aromatic carbocycles. The maximum absolute atomic E-state index is 13.3. The summed E-state index contributed by atoms with van der Waals surface area (Å²) in [5.41, 5.74) is 1.76. The van der Waals surface area contributed by atoms with Gasteiger partial charge in [0.25, 0.3) is 5.91 Å². The maximum Gasteiger partial charge on any atom is 0.278 e. The molecule has 1 aliphatic heterocycles. The van der Waals surface area contributed by atoms with Crippen molar-refractivity contribution >= 4 is 40.9 Å². The Balaban J connectivity index is 1.68. The van der Waals surface area contributed by atoms with E-state index in [1.807, 2.05) is 42.5 Å². The second-order valence-corrected chi connectivity index (χ2v) is 7.32. The van der Waals surface area contributed by atoms with Gasteiger partial charge in [-0.05, 0) is 29.8 Å². The average Bonchev–Trinajstić information content (AvgIpc) is 2.78. The van der Waals surface area contributed by atoms with Gasteiger partial charge < -0.3 is 14.4 Å². The second kappa shape index (κ2) is 9.20. The van der Waals surface area contributed by atoms with Crippen molar-refractivity contribution in [2.75, 3.05) is 24.7 Å². The molecule has 3 aromatic rings. The van der Waals surface area contributed by atoms with Gasteiger partial charge in [0, 0.05) is 18.3 Å². The van der Waals surface area contributed by atoms with Crippen LogP contribution in [0.1, 0.15) is 16.1 Å². The molecule has 1 amide bonds. The van der Waals surface area contributed by atoms with E-state index in [9.17, 15) is 4.79 Å². The number of carbonyl (C=O) groups is 1. The van der Waals surface area contributed by atoms with Crippen molar-refractivity contribution < 1.29 is 14.3 Å². The fraction of sp³-hybridized carbons (Fsp3) is 0.130. The summed E-state index contributed by atoms with van der Waals surface area (Å²) < 4.78 is 11.3. The third kappa shape index (κ3) is 4.58. The topological polar surface area (TPSA) is 51.7 Å². The minimum absolute atomic E-state index is 0.0900. The SMILES string of the molecule is O=C(c1nc(Cl)ccc1Cl)N(C/C=C/c1ccccc1)c1ccc2c(c1)OCCO2. The highest BCUT2D eigenvalue weighted by molar-refractivity contribution is 6.35. The summed E-state index contributed by atoms with van der Waals surface area (Å²) in [5.74, 6) is 0.877. The van der Waals surface area contributed by atoms with Crippen LogP contribution in [0.3, 0.4) is 0 Å². The van der Waals surface area contributed by atoms with Crippen molar-refractivity contribution in [2.24, 2.45) is 0 Å². The molecule has 30 heavy (non-hydrogen) atoms. The van der Waals surface area contributed by atoms with Crippen LogP contribution < -0.4 is 14.4 Å². The Labute approximate surface area is 184 Å². The molecular weight excluding hydrogens is 423 g/mol. The molecule has 2 heterocycles. The first-order valence-electron chi connectivity index (χ1n) is 9.37. The zero-order chi connectivity index (χ0) is 20.9. The first-order valence-corrected chi connectivity index (χ1v) is 10.1. The number of halogens is 2. The third-order valence-corrected chi connectivity index (χ3v) is 5.01. The number of fused-ring (bicyclic) bond motifs is 1. The first-order chi connectivity index (χ1) is 14.6. The normalized spacial score (nSPS) is 12.7. The molecule has 0 saturated carbocycles. The van der Waals surface area contributed by atoms with Gasteiger partial charge in [0.2, 0.25) is 0 Å². The van der Waals surface area contributed by atoms with E-state index in [1.165, 1.54) is 0 Å². The highest BCUT2D eigenvalue weighted by Crippen LogP contribution is 2.34. The van der Waals surface area contributed by atoms with Crippen LogP contribution in [0, 0.1) is 0 Å². The summed E-state index contributed by atoms with van der Waals surface area (Å²) in [6.07, 6.45) is 3.85. The smallest absolute Gasteiger partial charge is 0.278 e. The van der Waals surface area contributed by atoms with Gasteiger partial charge in [-0.15, -0.1) is 0 Å². The van der Waals surface area contributed by atoms with E-state index >= 15 is 0 Å². The number of pyridine rings is 1. The Morgan fingerprint density at radius 2 is 1.77 bits per heavy atom. The van der Waals surface area contributed by atoms with E-state index in [-0.39, 0.29) is 21.8 Å². The fourth-order valence-corrected chi connectivity index (χ4v) is 3.39. The molecule has 0 saturated heterocycles. The summed E-state index contributed by atoms with van der Waals surface area (Å²) in [4.78, 5) is 19.0. The lowest BCUT2D eigenvalue weighted by Gasteiger charge is -2.24. The molecule has 0 bridgehead atoms. The molecule has 1 aliphatic rings. The van der Waals surface area contributed by atoms with Crippen LogP contribution in [0.25, 0.3) is 6.08 Å². The van der Waals surface area contributed by atoms with Crippen LogP contribution in [0.4, 0.5) is 5.69 Å². The Bertz CT molecular complexity index is 1090. The number of hydrogen-bond acceptors (Lipinski definition) is 4. The van der Waals surface area contributed by atoms with E-state index in [0.717, 1.165) is 5.56 Å². The van der Waals surface area contributed by atoms with Crippen molar-refractivity contribution in [3.8, 4) is 11.5 Å². The molecule has 1 aromatic heterocycles. The zero-order valence-corrected chi connectivity index (χ0v) is 17.4. The number of ether oxygens (including phenoxy) is 2. The molecule has 0 spiro atoms. The number of anilines is 1. The molecule has 0 aliphatic carbocycles. The van der Waals surface area contributed by atoms with Crippen molar-refractivity contribution in [2.45, 2.75) is 0 Å². The Kier molecular flexibility index (Phi) is 6.21. The Morgan fingerprint density at radius 1 is 1.00 bits per heavy atom. The summed E-state index contributed by atoms with van der Waals surface area (Å²) >= 11 is 12.2. The molecular formula is C23H18Cl2N2O3. The van der Waals surface area contributed by atoms with Crippen LogP contribution in [-0.2, 0) is 0 Å². The van der Waals surface area contributed by atoms with Gasteiger partial charge in [-0.3, -0.25) is 4.79 Å². The first kappa shape index (κ1) is 20.3. The van der Waals surface area contributed by atoms with Gasteiger partial charge >= 0.3 is 0 Å². The van der Waals surface area contributed by atoms with Crippen molar-refractivity contribution in [3.63, 3.8) is 0 Å². The number of hydrogen-bond donors (Lipinski definition) is 0. The molecule has 0 N–H and O–H groups in total. The summed E-state index contributed by atoms with van der Waals surface area (Å²) in [6, 6.07) is 18.3. The van der Waals surface area contributed by atoms with E-state index in [4.69, 9.17) is 32.7 Å². The van der Waals surface area contributed by atoms with Crippen molar-refractivity contribution in [3.05, 3.63) is 88.2 Å². The van der Waals surface area contributed by atoms with Crippen LogP contribution in [-0.4, -0.2) is 30.6 Å². The van der Waals surface area contributed by atoms with Gasteiger partial charge in [-0.2, -0.15) is 0 Å². The molecule has 152 valence electrons. The largest absolute Gasteiger partial charge is 0.486 e. The average molecular weight is 441 g/mol. The van der Waals surface area contributed by atoms with E-state index in [0.29, 0.717) is 36.9 Å². The standard InChI is InChI=1S/C23H18Cl2N2O3/c24-18-9-11-21(25)26-22(18)23(28)27(12-4-7-16-5-2-1-3-6-16)17-8-10-19-20(15-17)30-14-13-29-19/h1-11,15H,12-14H2/b7-4+. The lowest BCUT2D eigenvalue weighted by molar-refractivity contribution is 0.0985. The fourth-order valence-electron chi connectivity index (χ4n) is 3.06. The highest BCUT2D eigenvalue weighted by Gasteiger charge is 2.23. The van der Waals surface area contributed by atoms with Crippen LogP contribution in [0.15, 0.2) is 66.7 Å². The lowest BCUT2D eigenvalue weighted by Crippen LogP contribution is -2.32. The molecule has 0 atom stereocenters. The van der Waals surface area contributed by atoms with E-state index in [1.54, 1.807) is 35.2 Å². The van der Waals surface area contributed by atoms with Gasteiger partial charge in [0.05, 0.1) is 5.02 Å². The minimum Gasteiger partial charge on any atom is -0.486 e. The number of rotatable bonds is 5. The van der Waals surface area contributed by atoms with Gasteiger partial charge in [-0.1, -0.05) is 65.7 Å². The maximum atomic E-state index is 13.3. The van der Waals surface area contributed by atoms with Crippen molar-refractivity contribution in [1.29, 1.82) is 0 Å². The van der Waals surface area contributed by atoms with Crippen LogP contribution in [0.2, 0.25) is 10.2 Å². The quantitative estimate of drug-likeness (QED) is 0.490. The highest BCUT2D eigenvalue weighted by atomic mass is 35.5. The Hall–Kier alpha value is -3.02. The van der Waals surface area contributed by atoms with Crippen molar-refractivity contribution in [1.82, 2.24) is 4.98 Å². The van der Waals surface area contributed by atoms with Gasteiger partial charge in [0.15, 0.2) is 11.5 Å². The molecule has 0 radical (unpaired) electrons. The van der Waals surface area contributed by atoms with Gasteiger partial charge in [0.1, 0.15) is 24.1 Å². The molecule has 5 nitrogen and oxygen atoms in total.